The average Bonchev–Trinajstić information content (AvgIpc) is 2.97. The second-order valence-electron chi connectivity index (χ2n) is 6.22. The van der Waals surface area contributed by atoms with Crippen molar-refractivity contribution in [3.05, 3.63) is 35.0 Å². The first-order valence-electron chi connectivity index (χ1n) is 7.75. The number of aromatic amines is 1. The molecule has 2 aromatic rings. The molecule has 4 nitrogen and oxygen atoms in total. The number of nitrogens with zero attached hydrogens (tertiary/aromatic N) is 1. The molecule has 1 amide bonds. The lowest BCUT2D eigenvalue weighted by molar-refractivity contribution is 0.0335. The first-order chi connectivity index (χ1) is 10.6. The van der Waals surface area contributed by atoms with Crippen LogP contribution in [-0.4, -0.2) is 40.6 Å². The second-order valence-corrected chi connectivity index (χ2v) is 6.65. The Morgan fingerprint density at radius 2 is 2.09 bits per heavy atom. The molecule has 22 heavy (non-hydrogen) atoms. The maximum Gasteiger partial charge on any atom is 0.270 e. The number of benzene rings is 1. The van der Waals surface area contributed by atoms with Gasteiger partial charge in [0.2, 0.25) is 0 Å². The van der Waals surface area contributed by atoms with E-state index < -0.39 is 0 Å². The van der Waals surface area contributed by atoms with Gasteiger partial charge in [-0.2, -0.15) is 0 Å². The van der Waals surface area contributed by atoms with Gasteiger partial charge in [-0.25, -0.2) is 0 Å². The Bertz CT molecular complexity index is 681. The Morgan fingerprint density at radius 1 is 1.36 bits per heavy atom. The fourth-order valence-electron chi connectivity index (χ4n) is 3.19. The minimum absolute atomic E-state index is 0.00917. The van der Waals surface area contributed by atoms with E-state index in [1.54, 1.807) is 0 Å². The summed E-state index contributed by atoms with van der Waals surface area (Å²) in [6, 6.07) is 7.44. The van der Waals surface area contributed by atoms with Crippen LogP contribution in [0.5, 0.6) is 0 Å². The predicted molar refractivity (Wildman–Crippen MR) is 88.3 cm³/mol. The zero-order valence-corrected chi connectivity index (χ0v) is 13.5. The molecule has 0 saturated carbocycles. The van der Waals surface area contributed by atoms with E-state index in [1.807, 2.05) is 29.2 Å². The van der Waals surface area contributed by atoms with Crippen molar-refractivity contribution in [3.63, 3.8) is 0 Å². The number of hydrogen-bond acceptors (Lipinski definition) is 2. The molecule has 2 heterocycles. The topological polar surface area (TPSA) is 56.3 Å². The van der Waals surface area contributed by atoms with Gasteiger partial charge in [0.25, 0.3) is 5.91 Å². The van der Waals surface area contributed by atoms with Crippen molar-refractivity contribution in [2.75, 3.05) is 19.7 Å². The van der Waals surface area contributed by atoms with Crippen molar-refractivity contribution in [3.8, 4) is 0 Å². The molecule has 0 unspecified atom stereocenters. The summed E-state index contributed by atoms with van der Waals surface area (Å²) in [7, 11) is 0. The van der Waals surface area contributed by atoms with E-state index in [0.29, 0.717) is 23.8 Å². The van der Waals surface area contributed by atoms with Gasteiger partial charge in [-0.1, -0.05) is 24.6 Å². The van der Waals surface area contributed by atoms with Gasteiger partial charge in [-0.05, 0) is 42.9 Å². The summed E-state index contributed by atoms with van der Waals surface area (Å²) in [5.74, 6) is 0.0231. The smallest absolute Gasteiger partial charge is 0.270 e. The second kappa shape index (κ2) is 5.94. The lowest BCUT2D eigenvalue weighted by Crippen LogP contribution is -2.44. The highest BCUT2D eigenvalue weighted by Gasteiger charge is 2.34. The van der Waals surface area contributed by atoms with Crippen LogP contribution in [0.3, 0.4) is 0 Å². The number of nitrogens with one attached hydrogen (secondary N) is 1. The Hall–Kier alpha value is -1.52. The molecule has 0 spiro atoms. The number of rotatable bonds is 3. The summed E-state index contributed by atoms with van der Waals surface area (Å²) in [6.45, 7) is 3.71. The molecule has 5 heteroatoms. The van der Waals surface area contributed by atoms with Gasteiger partial charge >= 0.3 is 0 Å². The molecule has 1 aromatic heterocycles. The number of carbonyl (C=O) groups excluding carboxylic acids is 1. The maximum atomic E-state index is 12.6. The molecular weight excluding hydrogens is 300 g/mol. The highest BCUT2D eigenvalue weighted by Crippen LogP contribution is 2.34. The first-order valence-corrected chi connectivity index (χ1v) is 8.13. The highest BCUT2D eigenvalue weighted by molar-refractivity contribution is 6.31. The molecule has 0 bridgehead atoms. The summed E-state index contributed by atoms with van der Waals surface area (Å²) < 4.78 is 0. The molecular formula is C17H21ClN2O2. The molecule has 0 radical (unpaired) electrons. The number of likely N-dealkylation sites (tertiary alicyclic amines) is 1. The number of aromatic nitrogens is 1. The molecule has 1 aliphatic heterocycles. The number of amides is 1. The summed E-state index contributed by atoms with van der Waals surface area (Å²) >= 11 is 5.98. The highest BCUT2D eigenvalue weighted by atomic mass is 35.5. The van der Waals surface area contributed by atoms with Crippen LogP contribution in [0.4, 0.5) is 0 Å². The molecule has 118 valence electrons. The van der Waals surface area contributed by atoms with Crippen molar-refractivity contribution in [1.29, 1.82) is 0 Å². The number of hydrogen-bond donors (Lipinski definition) is 2. The summed E-state index contributed by atoms with van der Waals surface area (Å²) in [5.41, 5.74) is 1.47. The van der Waals surface area contributed by atoms with Crippen molar-refractivity contribution in [1.82, 2.24) is 9.88 Å². The number of fused-ring (bicyclic) bond motifs is 1. The van der Waals surface area contributed by atoms with Gasteiger partial charge < -0.3 is 15.0 Å². The molecule has 1 aliphatic rings. The fraction of sp³-hybridized carbons (Fsp3) is 0.471. The monoisotopic (exact) mass is 320 g/mol. The van der Waals surface area contributed by atoms with E-state index in [2.05, 4.69) is 11.9 Å². The van der Waals surface area contributed by atoms with E-state index in [9.17, 15) is 9.90 Å². The lowest BCUT2D eigenvalue weighted by atomic mass is 9.77. The van der Waals surface area contributed by atoms with Crippen molar-refractivity contribution in [2.45, 2.75) is 26.2 Å². The third-order valence-electron chi connectivity index (χ3n) is 5.01. The van der Waals surface area contributed by atoms with Crippen molar-refractivity contribution >= 4 is 28.4 Å². The van der Waals surface area contributed by atoms with Crippen LogP contribution in [-0.2, 0) is 0 Å². The van der Waals surface area contributed by atoms with Crippen LogP contribution in [0.25, 0.3) is 10.9 Å². The number of carbonyl (C=O) groups is 1. The van der Waals surface area contributed by atoms with Gasteiger partial charge in [-0.3, -0.25) is 4.79 Å². The molecule has 2 N–H and O–H groups in total. The standard InChI is InChI=1S/C17H21ClN2O2/c1-2-17(11-21)5-7-20(8-6-17)16(22)15-9-12-3-4-13(18)10-14(12)19-15/h3-4,9-10,19,21H,2,5-8,11H2,1H3. The predicted octanol–water partition coefficient (Wildman–Crippen LogP) is 3.45. The van der Waals surface area contributed by atoms with Gasteiger partial charge in [0.1, 0.15) is 5.69 Å². The number of aliphatic hydroxyl groups excluding tert-OH is 1. The minimum atomic E-state index is -0.00917. The largest absolute Gasteiger partial charge is 0.396 e. The van der Waals surface area contributed by atoms with Crippen LogP contribution in [0.1, 0.15) is 36.7 Å². The van der Waals surface area contributed by atoms with Gasteiger partial charge in [-0.15, -0.1) is 0 Å². The van der Waals surface area contributed by atoms with E-state index in [1.165, 1.54) is 0 Å². The SMILES string of the molecule is CCC1(CO)CCN(C(=O)c2cc3ccc(Cl)cc3[nH]2)CC1. The molecule has 3 rings (SSSR count). The maximum absolute atomic E-state index is 12.6. The molecule has 0 atom stereocenters. The molecule has 1 aromatic carbocycles. The van der Waals surface area contributed by atoms with E-state index in [4.69, 9.17) is 11.6 Å². The van der Waals surface area contributed by atoms with E-state index in [-0.39, 0.29) is 17.9 Å². The fourth-order valence-corrected chi connectivity index (χ4v) is 3.36. The van der Waals surface area contributed by atoms with Gasteiger partial charge in [0.05, 0.1) is 0 Å². The number of halogens is 1. The molecule has 1 fully saturated rings. The summed E-state index contributed by atoms with van der Waals surface area (Å²) in [5, 5.41) is 11.2. The Balaban J connectivity index is 1.76. The third-order valence-corrected chi connectivity index (χ3v) is 5.25. The summed E-state index contributed by atoms with van der Waals surface area (Å²) in [6.07, 6.45) is 2.67. The van der Waals surface area contributed by atoms with Crippen molar-refractivity contribution < 1.29 is 9.90 Å². The van der Waals surface area contributed by atoms with Crippen LogP contribution in [0, 0.1) is 5.41 Å². The molecule has 0 aliphatic carbocycles. The number of aliphatic hydroxyl groups is 1. The average molecular weight is 321 g/mol. The Kier molecular flexibility index (Phi) is 4.15. The van der Waals surface area contributed by atoms with Gasteiger partial charge in [0, 0.05) is 35.6 Å². The Morgan fingerprint density at radius 3 is 2.73 bits per heavy atom. The number of piperidine rings is 1. The quantitative estimate of drug-likeness (QED) is 0.910. The van der Waals surface area contributed by atoms with Gasteiger partial charge in [0.15, 0.2) is 0 Å². The Labute approximate surface area is 135 Å². The van der Waals surface area contributed by atoms with Crippen LogP contribution in [0.15, 0.2) is 24.3 Å². The van der Waals surface area contributed by atoms with Crippen LogP contribution >= 0.6 is 11.6 Å². The van der Waals surface area contributed by atoms with E-state index in [0.717, 1.165) is 30.2 Å². The summed E-state index contributed by atoms with van der Waals surface area (Å²) in [4.78, 5) is 17.7. The van der Waals surface area contributed by atoms with E-state index >= 15 is 0 Å². The minimum Gasteiger partial charge on any atom is -0.396 e. The number of H-pyrrole nitrogens is 1. The third kappa shape index (κ3) is 2.73. The normalized spacial score (nSPS) is 17.9. The zero-order valence-electron chi connectivity index (χ0n) is 12.7. The first kappa shape index (κ1) is 15.4. The molecule has 1 saturated heterocycles. The van der Waals surface area contributed by atoms with Crippen LogP contribution < -0.4 is 0 Å². The van der Waals surface area contributed by atoms with Crippen LogP contribution in [0.2, 0.25) is 5.02 Å². The lowest BCUT2D eigenvalue weighted by Gasteiger charge is -2.40. The van der Waals surface area contributed by atoms with Crippen molar-refractivity contribution in [2.24, 2.45) is 5.41 Å². The zero-order chi connectivity index (χ0) is 15.7.